The minimum atomic E-state index is 0.740. The molecule has 0 bridgehead atoms. The van der Waals surface area contributed by atoms with Crippen LogP contribution in [0.1, 0.15) is 19.3 Å². The van der Waals surface area contributed by atoms with E-state index in [1.807, 2.05) is 6.08 Å². The molecular formula is C9H16ClN. The van der Waals surface area contributed by atoms with Crippen molar-refractivity contribution >= 4 is 11.6 Å². The van der Waals surface area contributed by atoms with Crippen LogP contribution in [0.4, 0.5) is 0 Å². The van der Waals surface area contributed by atoms with E-state index < -0.39 is 0 Å². The van der Waals surface area contributed by atoms with E-state index in [2.05, 4.69) is 11.5 Å². The van der Waals surface area contributed by atoms with Gasteiger partial charge in [0.05, 0.1) is 0 Å². The van der Waals surface area contributed by atoms with Crippen LogP contribution in [-0.2, 0) is 0 Å². The Morgan fingerprint density at radius 3 is 2.64 bits per heavy atom. The first-order valence-electron chi connectivity index (χ1n) is 4.29. The van der Waals surface area contributed by atoms with E-state index in [0.29, 0.717) is 0 Å². The van der Waals surface area contributed by atoms with Gasteiger partial charge < -0.3 is 0 Å². The van der Waals surface area contributed by atoms with E-state index in [4.69, 9.17) is 11.6 Å². The average Bonchev–Trinajstić information content (AvgIpc) is 1.85. The number of hydrogen-bond acceptors (Lipinski definition) is 1. The lowest BCUT2D eigenvalue weighted by Crippen LogP contribution is -2.41. The smallest absolute Gasteiger partial charge is 0.0351 e. The molecule has 0 aliphatic heterocycles. The van der Waals surface area contributed by atoms with E-state index in [1.54, 1.807) is 0 Å². The fourth-order valence-electron chi connectivity index (χ4n) is 1.45. The van der Waals surface area contributed by atoms with Crippen LogP contribution in [-0.4, -0.2) is 29.9 Å². The maximum Gasteiger partial charge on any atom is 0.0351 e. The molecule has 0 heterocycles. The largest absolute Gasteiger partial charge is 0.296 e. The summed E-state index contributed by atoms with van der Waals surface area (Å²) in [6.07, 6.45) is 6.06. The monoisotopic (exact) mass is 173 g/mol. The molecule has 0 atom stereocenters. The lowest BCUT2D eigenvalue weighted by Gasteiger charge is -2.36. The summed E-state index contributed by atoms with van der Waals surface area (Å²) < 4.78 is 0. The summed E-state index contributed by atoms with van der Waals surface area (Å²) in [6, 6.07) is 0.798. The molecule has 1 saturated carbocycles. The molecular weight excluding hydrogens is 158 g/mol. The third-order valence-corrected chi connectivity index (χ3v) is 2.50. The molecule has 0 aromatic carbocycles. The van der Waals surface area contributed by atoms with Gasteiger partial charge in [-0.2, -0.15) is 0 Å². The lowest BCUT2D eigenvalue weighted by molar-refractivity contribution is 0.150. The van der Waals surface area contributed by atoms with Crippen LogP contribution < -0.4 is 0 Å². The third-order valence-electron chi connectivity index (χ3n) is 2.33. The Labute approximate surface area is 74.0 Å². The maximum absolute atomic E-state index is 5.68. The van der Waals surface area contributed by atoms with E-state index in [-0.39, 0.29) is 0 Å². The zero-order chi connectivity index (χ0) is 8.10. The minimum Gasteiger partial charge on any atom is -0.296 e. The van der Waals surface area contributed by atoms with Crippen molar-refractivity contribution in [3.05, 3.63) is 12.7 Å². The molecule has 11 heavy (non-hydrogen) atoms. The summed E-state index contributed by atoms with van der Waals surface area (Å²) in [4.78, 5) is 2.42. The normalized spacial score (nSPS) is 18.4. The van der Waals surface area contributed by atoms with Crippen molar-refractivity contribution in [1.29, 1.82) is 0 Å². The first-order valence-corrected chi connectivity index (χ1v) is 4.83. The van der Waals surface area contributed by atoms with Gasteiger partial charge in [0, 0.05) is 25.0 Å². The molecule has 1 fully saturated rings. The van der Waals surface area contributed by atoms with Gasteiger partial charge in [0.25, 0.3) is 0 Å². The summed E-state index contributed by atoms with van der Waals surface area (Å²) in [5.41, 5.74) is 0. The van der Waals surface area contributed by atoms with Gasteiger partial charge in [-0.25, -0.2) is 0 Å². The van der Waals surface area contributed by atoms with Crippen molar-refractivity contribution < 1.29 is 0 Å². The molecule has 0 N–H and O–H groups in total. The Kier molecular flexibility index (Phi) is 3.95. The molecule has 0 unspecified atom stereocenters. The van der Waals surface area contributed by atoms with Gasteiger partial charge >= 0.3 is 0 Å². The highest BCUT2D eigenvalue weighted by Crippen LogP contribution is 2.24. The van der Waals surface area contributed by atoms with Crippen molar-refractivity contribution in [1.82, 2.24) is 4.90 Å². The Morgan fingerprint density at radius 2 is 2.27 bits per heavy atom. The third kappa shape index (κ3) is 2.49. The second kappa shape index (κ2) is 4.78. The fraction of sp³-hybridized carbons (Fsp3) is 0.778. The first kappa shape index (κ1) is 9.08. The molecule has 2 heteroatoms. The summed E-state index contributed by atoms with van der Waals surface area (Å²) in [6.45, 7) is 5.75. The van der Waals surface area contributed by atoms with E-state index in [1.165, 1.54) is 19.3 Å². The van der Waals surface area contributed by atoms with Gasteiger partial charge in [-0.3, -0.25) is 4.90 Å². The molecule has 0 aromatic rings. The Balaban J connectivity index is 2.24. The summed E-state index contributed by atoms with van der Waals surface area (Å²) in [5, 5.41) is 0. The minimum absolute atomic E-state index is 0.740. The Hall–Kier alpha value is -0.0100. The highest BCUT2D eigenvalue weighted by Gasteiger charge is 2.22. The van der Waals surface area contributed by atoms with Crippen molar-refractivity contribution in [3.63, 3.8) is 0 Å². The number of halogens is 1. The molecule has 1 aliphatic rings. The quantitative estimate of drug-likeness (QED) is 0.456. The van der Waals surface area contributed by atoms with Crippen molar-refractivity contribution in [3.8, 4) is 0 Å². The standard InChI is InChI=1S/C9H16ClN/c1-2-7-11(8-6-10)9-4-3-5-9/h2,9H,1,3-8H2. The zero-order valence-corrected chi connectivity index (χ0v) is 7.69. The SMILES string of the molecule is C=CCN(CCCl)C1CCC1. The number of alkyl halides is 1. The molecule has 0 amide bonds. The topological polar surface area (TPSA) is 3.24 Å². The predicted octanol–water partition coefficient (Wildman–Crippen LogP) is 2.27. The van der Waals surface area contributed by atoms with Crippen molar-refractivity contribution in [2.45, 2.75) is 25.3 Å². The van der Waals surface area contributed by atoms with Gasteiger partial charge in [-0.05, 0) is 12.8 Å². The molecule has 1 aliphatic carbocycles. The Morgan fingerprint density at radius 1 is 1.55 bits per heavy atom. The van der Waals surface area contributed by atoms with Crippen molar-refractivity contribution in [2.24, 2.45) is 0 Å². The lowest BCUT2D eigenvalue weighted by atomic mass is 9.91. The molecule has 0 radical (unpaired) electrons. The van der Waals surface area contributed by atoms with Gasteiger partial charge in [-0.15, -0.1) is 18.2 Å². The Bertz CT molecular complexity index is 121. The van der Waals surface area contributed by atoms with Crippen LogP contribution in [0.2, 0.25) is 0 Å². The van der Waals surface area contributed by atoms with E-state index in [9.17, 15) is 0 Å². The van der Waals surface area contributed by atoms with Gasteiger partial charge in [0.1, 0.15) is 0 Å². The molecule has 1 nitrogen and oxygen atoms in total. The highest BCUT2D eigenvalue weighted by atomic mass is 35.5. The second-order valence-corrected chi connectivity index (χ2v) is 3.44. The van der Waals surface area contributed by atoms with Crippen molar-refractivity contribution in [2.75, 3.05) is 19.0 Å². The van der Waals surface area contributed by atoms with Crippen LogP contribution in [0.15, 0.2) is 12.7 Å². The summed E-state index contributed by atoms with van der Waals surface area (Å²) in [5.74, 6) is 0.740. The van der Waals surface area contributed by atoms with Gasteiger partial charge in [-0.1, -0.05) is 12.5 Å². The summed E-state index contributed by atoms with van der Waals surface area (Å²) in [7, 11) is 0. The van der Waals surface area contributed by atoms with Crippen LogP contribution in [0.25, 0.3) is 0 Å². The molecule has 0 aromatic heterocycles. The molecule has 64 valence electrons. The van der Waals surface area contributed by atoms with Gasteiger partial charge in [0.2, 0.25) is 0 Å². The van der Waals surface area contributed by atoms with Crippen LogP contribution in [0.3, 0.4) is 0 Å². The predicted molar refractivity (Wildman–Crippen MR) is 50.1 cm³/mol. The van der Waals surface area contributed by atoms with Gasteiger partial charge in [0.15, 0.2) is 0 Å². The first-order chi connectivity index (χ1) is 5.38. The van der Waals surface area contributed by atoms with E-state index >= 15 is 0 Å². The van der Waals surface area contributed by atoms with E-state index in [0.717, 1.165) is 25.0 Å². The highest BCUT2D eigenvalue weighted by molar-refractivity contribution is 6.18. The number of rotatable bonds is 5. The van der Waals surface area contributed by atoms with Crippen LogP contribution >= 0.6 is 11.6 Å². The average molecular weight is 174 g/mol. The second-order valence-electron chi connectivity index (χ2n) is 3.06. The van der Waals surface area contributed by atoms with Crippen LogP contribution in [0.5, 0.6) is 0 Å². The van der Waals surface area contributed by atoms with Crippen LogP contribution in [0, 0.1) is 0 Å². The number of hydrogen-bond donors (Lipinski definition) is 0. The fourth-order valence-corrected chi connectivity index (χ4v) is 1.67. The molecule has 0 spiro atoms. The molecule has 0 saturated heterocycles. The summed E-state index contributed by atoms with van der Waals surface area (Å²) >= 11 is 5.68. The zero-order valence-electron chi connectivity index (χ0n) is 6.93. The molecule has 1 rings (SSSR count). The maximum atomic E-state index is 5.68. The number of nitrogens with zero attached hydrogens (tertiary/aromatic N) is 1.